The molecule has 9 heteroatoms. The molecule has 0 spiro atoms. The van der Waals surface area contributed by atoms with Crippen LogP contribution in [0.15, 0.2) is 48.0 Å². The minimum atomic E-state index is -3.00. The van der Waals surface area contributed by atoms with E-state index in [2.05, 4.69) is 15.0 Å². The Morgan fingerprint density at radius 1 is 1.19 bits per heavy atom. The van der Waals surface area contributed by atoms with Crippen LogP contribution in [0, 0.1) is 11.3 Å². The molecule has 3 rings (SSSR count). The zero-order valence-corrected chi connectivity index (χ0v) is 16.8. The highest BCUT2D eigenvalue weighted by molar-refractivity contribution is 6.09. The van der Waals surface area contributed by atoms with Crippen LogP contribution in [0.3, 0.4) is 0 Å². The van der Waals surface area contributed by atoms with Crippen molar-refractivity contribution in [2.75, 3.05) is 43.6 Å². The van der Waals surface area contributed by atoms with Crippen molar-refractivity contribution in [2.24, 2.45) is 0 Å². The molecule has 0 saturated carbocycles. The number of amides is 1. The maximum absolute atomic E-state index is 12.5. The van der Waals surface area contributed by atoms with E-state index in [4.69, 9.17) is 9.47 Å². The third-order valence-corrected chi connectivity index (χ3v) is 4.58. The van der Waals surface area contributed by atoms with Crippen molar-refractivity contribution in [2.45, 2.75) is 6.61 Å². The Hall–Kier alpha value is -3.64. The number of morpholine rings is 1. The van der Waals surface area contributed by atoms with Gasteiger partial charge in [-0.25, -0.2) is 0 Å². The molecule has 31 heavy (non-hydrogen) atoms. The lowest BCUT2D eigenvalue weighted by atomic mass is 10.1. The van der Waals surface area contributed by atoms with Crippen molar-refractivity contribution in [3.8, 4) is 17.6 Å². The smallest absolute Gasteiger partial charge is 0.387 e. The number of nitriles is 1. The second-order valence-electron chi connectivity index (χ2n) is 6.56. The summed E-state index contributed by atoms with van der Waals surface area (Å²) in [5.74, 6) is -0.670. The summed E-state index contributed by atoms with van der Waals surface area (Å²) in [6, 6.07) is 13.3. The van der Waals surface area contributed by atoms with Gasteiger partial charge in [0.2, 0.25) is 0 Å². The predicted octanol–water partition coefficient (Wildman–Crippen LogP) is 3.68. The van der Waals surface area contributed by atoms with Gasteiger partial charge in [-0.15, -0.1) is 0 Å². The first-order chi connectivity index (χ1) is 15.0. The molecular formula is C22H21F2N3O4. The molecule has 0 aliphatic carbocycles. The van der Waals surface area contributed by atoms with Gasteiger partial charge in [0.05, 0.1) is 20.3 Å². The average Bonchev–Trinajstić information content (AvgIpc) is 2.79. The van der Waals surface area contributed by atoms with Gasteiger partial charge in [-0.05, 0) is 48.0 Å². The number of hydrogen-bond donors (Lipinski definition) is 1. The number of methoxy groups -OCH3 is 1. The van der Waals surface area contributed by atoms with Crippen LogP contribution in [0.4, 0.5) is 20.2 Å². The Morgan fingerprint density at radius 3 is 2.52 bits per heavy atom. The maximum Gasteiger partial charge on any atom is 0.387 e. The number of anilines is 2. The number of benzene rings is 2. The van der Waals surface area contributed by atoms with Crippen LogP contribution >= 0.6 is 0 Å². The van der Waals surface area contributed by atoms with E-state index in [1.807, 2.05) is 18.2 Å². The predicted molar refractivity (Wildman–Crippen MR) is 111 cm³/mol. The van der Waals surface area contributed by atoms with Crippen molar-refractivity contribution < 1.29 is 27.8 Å². The van der Waals surface area contributed by atoms with Crippen LogP contribution in [0.1, 0.15) is 5.56 Å². The van der Waals surface area contributed by atoms with E-state index in [9.17, 15) is 18.8 Å². The molecule has 1 aliphatic heterocycles. The molecule has 1 saturated heterocycles. The molecule has 1 amide bonds. The summed E-state index contributed by atoms with van der Waals surface area (Å²) in [7, 11) is 1.31. The molecule has 162 valence electrons. The largest absolute Gasteiger partial charge is 0.493 e. The quantitative estimate of drug-likeness (QED) is 0.534. The number of carbonyl (C=O) groups is 1. The van der Waals surface area contributed by atoms with Crippen LogP contribution in [0.5, 0.6) is 11.5 Å². The molecule has 2 aromatic carbocycles. The Labute approximate surface area is 178 Å². The first-order valence-corrected chi connectivity index (χ1v) is 9.49. The summed E-state index contributed by atoms with van der Waals surface area (Å²) in [6.07, 6.45) is 1.34. The Kier molecular flexibility index (Phi) is 7.40. The summed E-state index contributed by atoms with van der Waals surface area (Å²) in [5.41, 5.74) is 1.84. The number of rotatable bonds is 7. The van der Waals surface area contributed by atoms with Gasteiger partial charge >= 0.3 is 6.61 Å². The average molecular weight is 429 g/mol. The molecule has 0 atom stereocenters. The van der Waals surface area contributed by atoms with Gasteiger partial charge < -0.3 is 24.4 Å². The van der Waals surface area contributed by atoms with Crippen molar-refractivity contribution in [3.05, 3.63) is 53.6 Å². The van der Waals surface area contributed by atoms with Gasteiger partial charge in [-0.1, -0.05) is 6.07 Å². The molecule has 1 fully saturated rings. The third-order valence-electron chi connectivity index (χ3n) is 4.58. The second-order valence-corrected chi connectivity index (χ2v) is 6.56. The number of nitrogens with one attached hydrogen (secondary N) is 1. The SMILES string of the molecule is COc1cc(/C=C(\C#N)C(=O)Nc2ccc(N3CCOCC3)cc2)ccc1OC(F)F. The van der Waals surface area contributed by atoms with E-state index >= 15 is 0 Å². The molecule has 2 aromatic rings. The Bertz CT molecular complexity index is 981. The molecule has 0 bridgehead atoms. The fraction of sp³-hybridized carbons (Fsp3) is 0.273. The fourth-order valence-corrected chi connectivity index (χ4v) is 3.06. The number of carbonyl (C=O) groups excluding carboxylic acids is 1. The number of ether oxygens (including phenoxy) is 3. The van der Waals surface area contributed by atoms with Gasteiger partial charge in [0, 0.05) is 24.5 Å². The van der Waals surface area contributed by atoms with Crippen molar-refractivity contribution in [1.29, 1.82) is 5.26 Å². The molecule has 1 N–H and O–H groups in total. The highest BCUT2D eigenvalue weighted by atomic mass is 19.3. The summed E-state index contributed by atoms with van der Waals surface area (Å²) in [4.78, 5) is 14.7. The van der Waals surface area contributed by atoms with Crippen molar-refractivity contribution in [1.82, 2.24) is 0 Å². The highest BCUT2D eigenvalue weighted by Gasteiger charge is 2.14. The fourth-order valence-electron chi connectivity index (χ4n) is 3.06. The third kappa shape index (κ3) is 5.93. The molecule has 1 aliphatic rings. The standard InChI is InChI=1S/C22H21F2N3O4/c1-29-20-13-15(2-7-19(20)31-22(23)24)12-16(14-25)21(28)26-17-3-5-18(6-4-17)27-8-10-30-11-9-27/h2-7,12-13,22H,8-11H2,1H3,(H,26,28)/b16-12+. The van der Waals surface area contributed by atoms with Gasteiger partial charge in [0.15, 0.2) is 11.5 Å². The first-order valence-electron chi connectivity index (χ1n) is 9.49. The van der Waals surface area contributed by atoms with Crippen LogP contribution in [0.25, 0.3) is 6.08 Å². The minimum absolute atomic E-state index is 0.0606. The van der Waals surface area contributed by atoms with Crippen LogP contribution in [0.2, 0.25) is 0 Å². The highest BCUT2D eigenvalue weighted by Crippen LogP contribution is 2.30. The van der Waals surface area contributed by atoms with E-state index in [1.54, 1.807) is 12.1 Å². The molecule has 0 unspecified atom stereocenters. The summed E-state index contributed by atoms with van der Waals surface area (Å²) in [6.45, 7) is -0.0377. The zero-order valence-electron chi connectivity index (χ0n) is 16.8. The normalized spacial score (nSPS) is 14.2. The molecule has 7 nitrogen and oxygen atoms in total. The lowest BCUT2D eigenvalue weighted by Crippen LogP contribution is -2.36. The molecule has 1 heterocycles. The molecule has 0 radical (unpaired) electrons. The first kappa shape index (κ1) is 22.1. The van der Waals surface area contributed by atoms with Crippen LogP contribution < -0.4 is 19.7 Å². The van der Waals surface area contributed by atoms with Crippen LogP contribution in [-0.4, -0.2) is 45.9 Å². The Balaban J connectivity index is 1.71. The van der Waals surface area contributed by atoms with Crippen molar-refractivity contribution in [3.63, 3.8) is 0 Å². The number of alkyl halides is 2. The molecular weight excluding hydrogens is 408 g/mol. The lowest BCUT2D eigenvalue weighted by Gasteiger charge is -2.28. The second kappa shape index (κ2) is 10.4. The minimum Gasteiger partial charge on any atom is -0.493 e. The van der Waals surface area contributed by atoms with Gasteiger partial charge in [0.25, 0.3) is 5.91 Å². The zero-order chi connectivity index (χ0) is 22.2. The monoisotopic (exact) mass is 429 g/mol. The Morgan fingerprint density at radius 2 is 1.90 bits per heavy atom. The van der Waals surface area contributed by atoms with Gasteiger partial charge in [-0.2, -0.15) is 14.0 Å². The summed E-state index contributed by atoms with van der Waals surface area (Å²) >= 11 is 0. The number of nitrogens with zero attached hydrogens (tertiary/aromatic N) is 2. The van der Waals surface area contributed by atoms with E-state index in [-0.39, 0.29) is 17.1 Å². The number of halogens is 2. The lowest BCUT2D eigenvalue weighted by molar-refractivity contribution is -0.112. The summed E-state index contributed by atoms with van der Waals surface area (Å²) < 4.78 is 39.6. The van der Waals surface area contributed by atoms with Crippen molar-refractivity contribution >= 4 is 23.4 Å². The maximum atomic E-state index is 12.5. The topological polar surface area (TPSA) is 83.8 Å². The van der Waals surface area contributed by atoms with E-state index in [0.717, 1.165) is 18.8 Å². The van der Waals surface area contributed by atoms with E-state index in [0.29, 0.717) is 24.5 Å². The van der Waals surface area contributed by atoms with E-state index < -0.39 is 12.5 Å². The molecule has 0 aromatic heterocycles. The van der Waals surface area contributed by atoms with Gasteiger partial charge in [-0.3, -0.25) is 4.79 Å². The summed E-state index contributed by atoms with van der Waals surface area (Å²) in [5, 5.41) is 12.1. The van der Waals surface area contributed by atoms with E-state index in [1.165, 1.54) is 31.4 Å². The van der Waals surface area contributed by atoms with Crippen LogP contribution in [-0.2, 0) is 9.53 Å². The van der Waals surface area contributed by atoms with Gasteiger partial charge in [0.1, 0.15) is 11.6 Å². The number of hydrogen-bond acceptors (Lipinski definition) is 6.